The van der Waals surface area contributed by atoms with Crippen molar-refractivity contribution in [2.45, 2.75) is 4.90 Å². The Labute approximate surface area is 237 Å². The fourth-order valence-electron chi connectivity index (χ4n) is 4.06. The Bertz CT molecular complexity index is 1890. The predicted molar refractivity (Wildman–Crippen MR) is 149 cm³/mol. The number of halogens is 3. The van der Waals surface area contributed by atoms with E-state index in [0.717, 1.165) is 12.1 Å². The summed E-state index contributed by atoms with van der Waals surface area (Å²) >= 11 is 0. The number of nitrogens with zero attached hydrogens (tertiary/aromatic N) is 3. The summed E-state index contributed by atoms with van der Waals surface area (Å²) in [7, 11) is -3.18. The monoisotopic (exact) mass is 597 g/mol. The van der Waals surface area contributed by atoms with Crippen molar-refractivity contribution < 1.29 is 36.2 Å². The number of anilines is 3. The number of rotatable bonds is 10. The lowest BCUT2D eigenvalue weighted by Gasteiger charge is -2.14. The largest absolute Gasteiger partial charge is 0.488 e. The number of hydrogen-bond donors (Lipinski definition) is 3. The van der Waals surface area contributed by atoms with Crippen LogP contribution in [0.1, 0.15) is 0 Å². The molecule has 0 radical (unpaired) electrons. The Morgan fingerprint density at radius 3 is 2.48 bits per heavy atom. The van der Waals surface area contributed by atoms with Gasteiger partial charge in [0, 0.05) is 35.0 Å². The highest BCUT2D eigenvalue weighted by Gasteiger charge is 2.22. The van der Waals surface area contributed by atoms with Crippen molar-refractivity contribution in [3.05, 3.63) is 90.6 Å². The van der Waals surface area contributed by atoms with Crippen LogP contribution in [0.3, 0.4) is 0 Å². The molecule has 0 amide bonds. The number of aliphatic hydroxyl groups excluding tert-OH is 1. The Hall–Kier alpha value is -4.95. The zero-order valence-corrected chi connectivity index (χ0v) is 22.6. The Morgan fingerprint density at radius 1 is 0.905 bits per heavy atom. The molecule has 0 aliphatic heterocycles. The van der Waals surface area contributed by atoms with Crippen LogP contribution in [0.15, 0.2) is 78.1 Å². The normalized spacial score (nSPS) is 11.4. The molecule has 0 atom stereocenters. The van der Waals surface area contributed by atoms with Crippen LogP contribution in [0.25, 0.3) is 22.0 Å². The highest BCUT2D eigenvalue weighted by molar-refractivity contribution is 7.92. The summed E-state index contributed by atoms with van der Waals surface area (Å²) in [6.45, 7) is -0.298. The molecule has 0 spiro atoms. The van der Waals surface area contributed by atoms with Gasteiger partial charge in [-0.05, 0) is 48.0 Å². The van der Waals surface area contributed by atoms with Crippen LogP contribution in [0.5, 0.6) is 11.6 Å². The van der Waals surface area contributed by atoms with E-state index in [0.29, 0.717) is 39.6 Å². The number of sulfonamides is 1. The van der Waals surface area contributed by atoms with Gasteiger partial charge in [-0.15, -0.1) is 0 Å². The molecule has 0 saturated carbocycles. The van der Waals surface area contributed by atoms with Gasteiger partial charge in [-0.2, -0.15) is 0 Å². The first kappa shape index (κ1) is 28.6. The summed E-state index contributed by atoms with van der Waals surface area (Å²) in [6.07, 6.45) is 2.80. The quantitative estimate of drug-likeness (QED) is 0.202. The van der Waals surface area contributed by atoms with E-state index >= 15 is 0 Å². The summed E-state index contributed by atoms with van der Waals surface area (Å²) in [5, 5.41) is 12.5. The topological polar surface area (TPSA) is 136 Å². The lowest BCUT2D eigenvalue weighted by Crippen LogP contribution is -2.15. The van der Waals surface area contributed by atoms with Gasteiger partial charge in [0.25, 0.3) is 10.0 Å². The first-order valence-electron chi connectivity index (χ1n) is 12.3. The zero-order chi connectivity index (χ0) is 29.9. The van der Waals surface area contributed by atoms with Crippen molar-refractivity contribution in [2.75, 3.05) is 30.4 Å². The fourth-order valence-corrected chi connectivity index (χ4v) is 5.17. The maximum atomic E-state index is 14.5. The third-order valence-electron chi connectivity index (χ3n) is 5.98. The average molecular weight is 598 g/mol. The highest BCUT2D eigenvalue weighted by atomic mass is 32.2. The van der Waals surface area contributed by atoms with Crippen molar-refractivity contribution in [1.82, 2.24) is 15.0 Å². The molecular formula is C28H22F3N5O5S. The summed E-state index contributed by atoms with van der Waals surface area (Å²) in [4.78, 5) is 12.0. The van der Waals surface area contributed by atoms with Gasteiger partial charge in [-0.25, -0.2) is 36.5 Å². The van der Waals surface area contributed by atoms with Crippen molar-refractivity contribution in [1.29, 1.82) is 0 Å². The molecule has 2 heterocycles. The number of fused-ring (bicyclic) bond motifs is 1. The van der Waals surface area contributed by atoms with E-state index in [9.17, 15) is 21.6 Å². The van der Waals surface area contributed by atoms with Crippen molar-refractivity contribution in [3.63, 3.8) is 0 Å². The minimum Gasteiger partial charge on any atom is -0.488 e. The predicted octanol–water partition coefficient (Wildman–Crippen LogP) is 5.03. The number of aromatic nitrogens is 3. The molecule has 3 N–H and O–H groups in total. The van der Waals surface area contributed by atoms with Crippen LogP contribution in [-0.4, -0.2) is 48.8 Å². The first-order chi connectivity index (χ1) is 20.2. The zero-order valence-electron chi connectivity index (χ0n) is 21.8. The summed E-state index contributed by atoms with van der Waals surface area (Å²) < 4.78 is 80.5. The molecule has 0 saturated heterocycles. The van der Waals surface area contributed by atoms with E-state index in [2.05, 4.69) is 25.0 Å². The molecule has 0 aliphatic rings. The van der Waals surface area contributed by atoms with Gasteiger partial charge in [-0.3, -0.25) is 4.72 Å². The van der Waals surface area contributed by atoms with E-state index in [4.69, 9.17) is 14.6 Å². The molecule has 42 heavy (non-hydrogen) atoms. The van der Waals surface area contributed by atoms with Gasteiger partial charge in [0.1, 0.15) is 41.0 Å². The number of pyridine rings is 1. The van der Waals surface area contributed by atoms with Gasteiger partial charge >= 0.3 is 0 Å². The molecule has 3 aromatic carbocycles. The van der Waals surface area contributed by atoms with Gasteiger partial charge in [0.2, 0.25) is 5.88 Å². The van der Waals surface area contributed by atoms with Crippen molar-refractivity contribution in [3.8, 4) is 22.8 Å². The van der Waals surface area contributed by atoms with E-state index < -0.39 is 32.4 Å². The summed E-state index contributed by atoms with van der Waals surface area (Å²) in [5.41, 5.74) is 1.91. The minimum absolute atomic E-state index is 0.00923. The van der Waals surface area contributed by atoms with Crippen molar-refractivity contribution in [2.24, 2.45) is 0 Å². The third kappa shape index (κ3) is 6.04. The maximum absolute atomic E-state index is 14.5. The highest BCUT2D eigenvalue weighted by Crippen LogP contribution is 2.33. The number of methoxy groups -OCH3 is 1. The van der Waals surface area contributed by atoms with Crippen molar-refractivity contribution >= 4 is 38.1 Å². The molecule has 0 unspecified atom stereocenters. The van der Waals surface area contributed by atoms with E-state index in [1.165, 1.54) is 37.8 Å². The smallest absolute Gasteiger partial charge is 0.264 e. The number of aliphatic hydroxyl groups is 1. The maximum Gasteiger partial charge on any atom is 0.264 e. The third-order valence-corrected chi connectivity index (χ3v) is 7.38. The lowest BCUT2D eigenvalue weighted by molar-refractivity contribution is 0.196. The molecule has 5 aromatic rings. The van der Waals surface area contributed by atoms with Crippen LogP contribution >= 0.6 is 0 Å². The molecule has 216 valence electrons. The second-order valence-corrected chi connectivity index (χ2v) is 10.4. The second-order valence-electron chi connectivity index (χ2n) is 8.76. The molecule has 0 fully saturated rings. The number of hydrogen-bond acceptors (Lipinski definition) is 9. The molecule has 0 aliphatic carbocycles. The Morgan fingerprint density at radius 2 is 1.74 bits per heavy atom. The molecule has 0 bridgehead atoms. The second kappa shape index (κ2) is 11.9. The lowest BCUT2D eigenvalue weighted by atomic mass is 10.0. The van der Waals surface area contributed by atoms with Crippen LogP contribution in [0.4, 0.5) is 30.4 Å². The Balaban J connectivity index is 1.49. The number of nitrogens with one attached hydrogen (secondary N) is 2. The molecule has 5 rings (SSSR count). The first-order valence-corrected chi connectivity index (χ1v) is 13.7. The van der Waals surface area contributed by atoms with E-state index in [-0.39, 0.29) is 30.5 Å². The molecule has 14 heteroatoms. The molecule has 10 nitrogen and oxygen atoms in total. The number of benzene rings is 3. The van der Waals surface area contributed by atoms with E-state index in [1.807, 2.05) is 0 Å². The Kier molecular flexibility index (Phi) is 8.08. The van der Waals surface area contributed by atoms with Gasteiger partial charge < -0.3 is 19.9 Å². The van der Waals surface area contributed by atoms with Crippen LogP contribution in [0, 0.1) is 17.5 Å². The summed E-state index contributed by atoms with van der Waals surface area (Å²) in [5.74, 6) is -2.54. The average Bonchev–Trinajstić information content (AvgIpc) is 2.96. The van der Waals surface area contributed by atoms with Gasteiger partial charge in [-0.1, -0.05) is 6.07 Å². The standard InChI is InChI=1S/C28H22F3N5O5S/c1-40-28-24(36-42(38,39)26-7-3-18(29)12-22(26)31)11-17(14-32-28)16-2-5-23-20(10-16)27(34-15-33-23)35-19-4-6-25(21(30)13-19)41-9-8-37/h2-7,10-15,36-37H,8-9H2,1H3,(H,33,34,35). The van der Waals surface area contributed by atoms with Gasteiger partial charge in [0.15, 0.2) is 11.6 Å². The SMILES string of the molecule is COc1ncc(-c2ccc3ncnc(Nc4ccc(OCCO)c(F)c4)c3c2)cc1NS(=O)(=O)c1ccc(F)cc1F. The fraction of sp³-hybridized carbons (Fsp3) is 0.107. The van der Waals surface area contributed by atoms with Crippen LogP contribution < -0.4 is 19.5 Å². The van der Waals surface area contributed by atoms with Crippen LogP contribution in [0.2, 0.25) is 0 Å². The number of ether oxygens (including phenoxy) is 2. The summed E-state index contributed by atoms with van der Waals surface area (Å²) in [6, 6.07) is 13.0. The minimum atomic E-state index is -4.47. The molecular weight excluding hydrogens is 575 g/mol. The van der Waals surface area contributed by atoms with E-state index in [1.54, 1.807) is 24.3 Å². The van der Waals surface area contributed by atoms with Gasteiger partial charge in [0.05, 0.1) is 19.2 Å². The van der Waals surface area contributed by atoms with Crippen LogP contribution in [-0.2, 0) is 10.0 Å². The molecule has 2 aromatic heterocycles.